The summed E-state index contributed by atoms with van der Waals surface area (Å²) in [6.07, 6.45) is 2.84. The van der Waals surface area contributed by atoms with Crippen LogP contribution in [0.5, 0.6) is 0 Å². The number of hydrogen-bond acceptors (Lipinski definition) is 4. The van der Waals surface area contributed by atoms with Crippen molar-refractivity contribution in [1.29, 1.82) is 0 Å². The van der Waals surface area contributed by atoms with E-state index in [1.807, 2.05) is 0 Å². The SMILES string of the molecule is O=C(NCCN1CCOCC1)C1CCC(C(=O)NCc2ccccc2F)CC1. The molecule has 2 fully saturated rings. The van der Waals surface area contributed by atoms with Gasteiger partial charge in [0.1, 0.15) is 5.82 Å². The molecule has 1 saturated heterocycles. The molecule has 0 unspecified atom stereocenters. The van der Waals surface area contributed by atoms with Crippen LogP contribution in [0, 0.1) is 17.7 Å². The quantitative estimate of drug-likeness (QED) is 0.742. The average molecular weight is 391 g/mol. The molecule has 0 atom stereocenters. The molecule has 2 aliphatic rings. The Balaban J connectivity index is 1.33. The van der Waals surface area contributed by atoms with E-state index in [4.69, 9.17) is 4.74 Å². The van der Waals surface area contributed by atoms with Gasteiger partial charge in [-0.3, -0.25) is 14.5 Å². The maximum atomic E-state index is 13.6. The Labute approximate surface area is 165 Å². The molecule has 2 amide bonds. The molecule has 3 rings (SSSR count). The molecule has 0 bridgehead atoms. The fourth-order valence-electron chi connectivity index (χ4n) is 3.89. The van der Waals surface area contributed by atoms with Crippen LogP contribution in [0.1, 0.15) is 31.2 Å². The van der Waals surface area contributed by atoms with Gasteiger partial charge < -0.3 is 15.4 Å². The summed E-state index contributed by atoms with van der Waals surface area (Å²) in [5.74, 6) is -0.363. The number of nitrogens with zero attached hydrogens (tertiary/aromatic N) is 1. The molecule has 154 valence electrons. The number of carbonyl (C=O) groups is 2. The predicted molar refractivity (Wildman–Crippen MR) is 104 cm³/mol. The van der Waals surface area contributed by atoms with Crippen molar-refractivity contribution in [2.45, 2.75) is 32.2 Å². The topological polar surface area (TPSA) is 70.7 Å². The predicted octanol–water partition coefficient (Wildman–Crippen LogP) is 1.70. The van der Waals surface area contributed by atoms with Crippen molar-refractivity contribution in [2.75, 3.05) is 39.4 Å². The summed E-state index contributed by atoms with van der Waals surface area (Å²) < 4.78 is 19.0. The van der Waals surface area contributed by atoms with Gasteiger partial charge in [0.25, 0.3) is 0 Å². The van der Waals surface area contributed by atoms with Gasteiger partial charge >= 0.3 is 0 Å². The first-order chi connectivity index (χ1) is 13.6. The van der Waals surface area contributed by atoms with Crippen LogP contribution in [-0.4, -0.2) is 56.1 Å². The van der Waals surface area contributed by atoms with Gasteiger partial charge in [-0.25, -0.2) is 4.39 Å². The molecule has 2 N–H and O–H groups in total. The molecule has 0 radical (unpaired) electrons. The second-order valence-electron chi connectivity index (χ2n) is 7.60. The van der Waals surface area contributed by atoms with Crippen LogP contribution in [0.4, 0.5) is 4.39 Å². The molecule has 1 aromatic rings. The summed E-state index contributed by atoms with van der Waals surface area (Å²) in [5, 5.41) is 5.86. The van der Waals surface area contributed by atoms with Crippen molar-refractivity contribution in [3.8, 4) is 0 Å². The number of morpholine rings is 1. The number of halogens is 1. The van der Waals surface area contributed by atoms with E-state index < -0.39 is 0 Å². The molecule has 0 spiro atoms. The Kier molecular flexibility index (Phi) is 7.80. The van der Waals surface area contributed by atoms with Crippen molar-refractivity contribution >= 4 is 11.8 Å². The molecule has 1 aliphatic carbocycles. The molecule has 6 nitrogen and oxygen atoms in total. The molecular weight excluding hydrogens is 361 g/mol. The van der Waals surface area contributed by atoms with Gasteiger partial charge in [-0.2, -0.15) is 0 Å². The third kappa shape index (κ3) is 6.01. The molecule has 7 heteroatoms. The third-order valence-electron chi connectivity index (χ3n) is 5.71. The summed E-state index contributed by atoms with van der Waals surface area (Å²) in [4.78, 5) is 27.0. The first kappa shape index (κ1) is 20.7. The largest absolute Gasteiger partial charge is 0.379 e. The minimum atomic E-state index is -0.305. The molecule has 1 heterocycles. The van der Waals surface area contributed by atoms with Gasteiger partial charge in [0.2, 0.25) is 11.8 Å². The molecule has 0 aromatic heterocycles. The van der Waals surface area contributed by atoms with Crippen LogP contribution in [0.2, 0.25) is 0 Å². The van der Waals surface area contributed by atoms with Crippen LogP contribution in [-0.2, 0) is 20.9 Å². The average Bonchev–Trinajstić information content (AvgIpc) is 2.74. The zero-order valence-corrected chi connectivity index (χ0v) is 16.3. The second-order valence-corrected chi connectivity index (χ2v) is 7.60. The summed E-state index contributed by atoms with van der Waals surface area (Å²) in [5.41, 5.74) is 0.490. The van der Waals surface area contributed by atoms with E-state index in [0.29, 0.717) is 24.9 Å². The van der Waals surface area contributed by atoms with Crippen molar-refractivity contribution < 1.29 is 18.7 Å². The van der Waals surface area contributed by atoms with Gasteiger partial charge in [0.05, 0.1) is 13.2 Å². The van der Waals surface area contributed by atoms with E-state index in [2.05, 4.69) is 15.5 Å². The number of nitrogens with one attached hydrogen (secondary N) is 2. The molecule has 1 aromatic carbocycles. The lowest BCUT2D eigenvalue weighted by molar-refractivity contribution is -0.130. The van der Waals surface area contributed by atoms with E-state index in [9.17, 15) is 14.0 Å². The minimum absolute atomic E-state index is 0.0136. The van der Waals surface area contributed by atoms with Gasteiger partial charge in [-0.05, 0) is 31.7 Å². The summed E-state index contributed by atoms with van der Waals surface area (Å²) in [7, 11) is 0. The van der Waals surface area contributed by atoms with Crippen molar-refractivity contribution in [1.82, 2.24) is 15.5 Å². The normalized spacial score (nSPS) is 23.2. The minimum Gasteiger partial charge on any atom is -0.379 e. The Morgan fingerprint density at radius 3 is 2.25 bits per heavy atom. The fraction of sp³-hybridized carbons (Fsp3) is 0.619. The van der Waals surface area contributed by atoms with Crippen LogP contribution < -0.4 is 10.6 Å². The lowest BCUT2D eigenvalue weighted by Gasteiger charge is -2.28. The monoisotopic (exact) mass is 391 g/mol. The van der Waals surface area contributed by atoms with E-state index in [1.54, 1.807) is 18.2 Å². The van der Waals surface area contributed by atoms with Crippen molar-refractivity contribution in [3.63, 3.8) is 0 Å². The Hall–Kier alpha value is -1.99. The fourth-order valence-corrected chi connectivity index (χ4v) is 3.89. The van der Waals surface area contributed by atoms with Crippen LogP contribution >= 0.6 is 0 Å². The van der Waals surface area contributed by atoms with Crippen molar-refractivity contribution in [2.24, 2.45) is 11.8 Å². The van der Waals surface area contributed by atoms with Crippen LogP contribution in [0.3, 0.4) is 0 Å². The first-order valence-corrected chi connectivity index (χ1v) is 10.2. The zero-order valence-electron chi connectivity index (χ0n) is 16.3. The number of ether oxygens (including phenoxy) is 1. The summed E-state index contributed by atoms with van der Waals surface area (Å²) >= 11 is 0. The van der Waals surface area contributed by atoms with E-state index in [1.165, 1.54) is 6.07 Å². The Bertz CT molecular complexity index is 656. The standard InChI is InChI=1S/C21H30FN3O3/c22-19-4-2-1-3-18(19)15-24-21(27)17-7-5-16(6-8-17)20(26)23-9-10-25-11-13-28-14-12-25/h1-4,16-17H,5-15H2,(H,23,26)(H,24,27). The van der Waals surface area contributed by atoms with E-state index >= 15 is 0 Å². The highest BCUT2D eigenvalue weighted by Gasteiger charge is 2.29. The first-order valence-electron chi connectivity index (χ1n) is 10.2. The third-order valence-corrected chi connectivity index (χ3v) is 5.71. The highest BCUT2D eigenvalue weighted by molar-refractivity contribution is 5.81. The number of hydrogen-bond donors (Lipinski definition) is 2. The molecule has 1 saturated carbocycles. The van der Waals surface area contributed by atoms with Crippen LogP contribution in [0.15, 0.2) is 24.3 Å². The highest BCUT2D eigenvalue weighted by Crippen LogP contribution is 2.29. The zero-order chi connectivity index (χ0) is 19.8. The van der Waals surface area contributed by atoms with E-state index in [-0.39, 0.29) is 36.0 Å². The lowest BCUT2D eigenvalue weighted by Crippen LogP contribution is -2.43. The number of carbonyl (C=O) groups excluding carboxylic acids is 2. The smallest absolute Gasteiger partial charge is 0.223 e. The van der Waals surface area contributed by atoms with Crippen LogP contribution in [0.25, 0.3) is 0 Å². The van der Waals surface area contributed by atoms with Gasteiger partial charge in [-0.1, -0.05) is 18.2 Å². The highest BCUT2D eigenvalue weighted by atomic mass is 19.1. The lowest BCUT2D eigenvalue weighted by atomic mass is 9.81. The summed E-state index contributed by atoms with van der Waals surface area (Å²) in [6, 6.07) is 6.46. The second kappa shape index (κ2) is 10.5. The van der Waals surface area contributed by atoms with Crippen molar-refractivity contribution in [3.05, 3.63) is 35.6 Å². The number of benzene rings is 1. The number of amides is 2. The Morgan fingerprint density at radius 2 is 1.61 bits per heavy atom. The Morgan fingerprint density at radius 1 is 1.00 bits per heavy atom. The molecule has 1 aliphatic heterocycles. The maximum absolute atomic E-state index is 13.6. The maximum Gasteiger partial charge on any atom is 0.223 e. The van der Waals surface area contributed by atoms with Gasteiger partial charge in [0, 0.05) is 50.1 Å². The molecule has 28 heavy (non-hydrogen) atoms. The summed E-state index contributed by atoms with van der Waals surface area (Å²) in [6.45, 7) is 5.07. The van der Waals surface area contributed by atoms with Gasteiger partial charge in [-0.15, -0.1) is 0 Å². The molecular formula is C21H30FN3O3. The van der Waals surface area contributed by atoms with E-state index in [0.717, 1.165) is 45.7 Å². The number of rotatable bonds is 7. The van der Waals surface area contributed by atoms with Gasteiger partial charge in [0.15, 0.2) is 0 Å².